The molecular formula is C21H31N3O3S. The molecule has 2 aromatic heterocycles. The Morgan fingerprint density at radius 1 is 1.14 bits per heavy atom. The average molecular weight is 406 g/mol. The normalized spacial score (nSPS) is 19.0. The summed E-state index contributed by atoms with van der Waals surface area (Å²) in [6, 6.07) is 0. The summed E-state index contributed by atoms with van der Waals surface area (Å²) in [6.45, 7) is 5.28. The number of nitrogens with one attached hydrogen (secondary N) is 1. The van der Waals surface area contributed by atoms with Gasteiger partial charge in [-0.3, -0.25) is 0 Å². The molecule has 0 aromatic carbocycles. The highest BCUT2D eigenvalue weighted by Crippen LogP contribution is 2.40. The van der Waals surface area contributed by atoms with E-state index < -0.39 is 0 Å². The molecule has 28 heavy (non-hydrogen) atoms. The number of carbonyl (C=O) groups is 1. The fraction of sp³-hybridized carbons (Fsp3) is 0.667. The standard InChI is InChI=1S/C15H18N2OS.C4H9NO.C2H4O/c1-2-5-10(6-3-1)18-14-13-11-7-4-8-12(11)19-15(13)17-9-16-14;1-3-6-4-2-5-1;1-2-3/h9-10H,1-8H2;5H,1-4H2;2H,1H3. The molecule has 1 saturated carbocycles. The molecule has 0 atom stereocenters. The third-order valence-electron chi connectivity index (χ3n) is 5.14. The van der Waals surface area contributed by atoms with Gasteiger partial charge in [0.1, 0.15) is 23.5 Å². The number of thiophene rings is 1. The molecule has 0 spiro atoms. The van der Waals surface area contributed by atoms with Gasteiger partial charge in [0, 0.05) is 18.0 Å². The second-order valence-electron chi connectivity index (χ2n) is 7.19. The first-order chi connectivity index (χ1) is 13.8. The van der Waals surface area contributed by atoms with E-state index >= 15 is 0 Å². The van der Waals surface area contributed by atoms with Gasteiger partial charge in [0.25, 0.3) is 0 Å². The van der Waals surface area contributed by atoms with Crippen molar-refractivity contribution in [2.45, 2.75) is 64.4 Å². The molecule has 0 bridgehead atoms. The van der Waals surface area contributed by atoms with Crippen LogP contribution in [-0.2, 0) is 22.4 Å². The maximum Gasteiger partial charge on any atom is 0.225 e. The van der Waals surface area contributed by atoms with Crippen molar-refractivity contribution in [2.75, 3.05) is 26.3 Å². The third kappa shape index (κ3) is 5.72. The van der Waals surface area contributed by atoms with Crippen LogP contribution in [0.5, 0.6) is 5.88 Å². The van der Waals surface area contributed by atoms with E-state index in [1.54, 1.807) is 6.33 Å². The Morgan fingerprint density at radius 3 is 2.54 bits per heavy atom. The first-order valence-electron chi connectivity index (χ1n) is 10.4. The van der Waals surface area contributed by atoms with Crippen LogP contribution in [0.25, 0.3) is 10.2 Å². The summed E-state index contributed by atoms with van der Waals surface area (Å²) >= 11 is 1.83. The Labute approximate surface area is 171 Å². The van der Waals surface area contributed by atoms with Crippen molar-refractivity contribution in [2.24, 2.45) is 0 Å². The number of ether oxygens (including phenoxy) is 2. The van der Waals surface area contributed by atoms with Crippen LogP contribution in [0.3, 0.4) is 0 Å². The van der Waals surface area contributed by atoms with Gasteiger partial charge < -0.3 is 19.6 Å². The number of aryl methyl sites for hydroxylation is 2. The van der Waals surface area contributed by atoms with Gasteiger partial charge in [-0.1, -0.05) is 6.42 Å². The Balaban J connectivity index is 0.000000210. The van der Waals surface area contributed by atoms with Gasteiger partial charge in [-0.05, 0) is 57.4 Å². The number of aromatic nitrogens is 2. The molecule has 7 heteroatoms. The van der Waals surface area contributed by atoms with E-state index in [4.69, 9.17) is 14.3 Å². The topological polar surface area (TPSA) is 73.3 Å². The van der Waals surface area contributed by atoms with Gasteiger partial charge in [0.2, 0.25) is 5.88 Å². The predicted octanol–water partition coefficient (Wildman–Crippen LogP) is 3.70. The molecular weight excluding hydrogens is 374 g/mol. The van der Waals surface area contributed by atoms with E-state index in [1.807, 2.05) is 11.3 Å². The average Bonchev–Trinajstić information content (AvgIpc) is 3.33. The van der Waals surface area contributed by atoms with Gasteiger partial charge in [0.15, 0.2) is 0 Å². The molecule has 5 rings (SSSR count). The van der Waals surface area contributed by atoms with E-state index in [1.165, 1.54) is 74.1 Å². The number of fused-ring (bicyclic) bond motifs is 3. The highest BCUT2D eigenvalue weighted by molar-refractivity contribution is 7.18. The lowest BCUT2D eigenvalue weighted by atomic mass is 9.98. The Morgan fingerprint density at radius 2 is 1.89 bits per heavy atom. The lowest BCUT2D eigenvalue weighted by Crippen LogP contribution is -2.30. The van der Waals surface area contributed by atoms with Gasteiger partial charge in [-0.15, -0.1) is 11.3 Å². The largest absolute Gasteiger partial charge is 0.474 e. The summed E-state index contributed by atoms with van der Waals surface area (Å²) < 4.78 is 11.2. The molecule has 3 aliphatic rings. The quantitative estimate of drug-likeness (QED) is 0.768. The van der Waals surface area contributed by atoms with Crippen molar-refractivity contribution < 1.29 is 14.3 Å². The van der Waals surface area contributed by atoms with Gasteiger partial charge in [-0.2, -0.15) is 0 Å². The van der Waals surface area contributed by atoms with Gasteiger partial charge in [-0.25, -0.2) is 9.97 Å². The zero-order valence-electron chi connectivity index (χ0n) is 16.7. The van der Waals surface area contributed by atoms with Gasteiger partial charge in [0.05, 0.1) is 18.6 Å². The first kappa shape index (κ1) is 21.1. The van der Waals surface area contributed by atoms with Crippen LogP contribution in [0.1, 0.15) is 55.9 Å². The van der Waals surface area contributed by atoms with E-state index in [9.17, 15) is 0 Å². The zero-order chi connectivity index (χ0) is 19.6. The van der Waals surface area contributed by atoms with Crippen LogP contribution in [-0.4, -0.2) is 48.7 Å². The van der Waals surface area contributed by atoms with Crippen LogP contribution in [0.15, 0.2) is 6.33 Å². The smallest absolute Gasteiger partial charge is 0.225 e. The number of rotatable bonds is 2. The first-order valence-corrected chi connectivity index (χ1v) is 11.2. The zero-order valence-corrected chi connectivity index (χ0v) is 17.6. The number of nitrogens with zero attached hydrogens (tertiary/aromatic N) is 2. The van der Waals surface area contributed by atoms with Crippen LogP contribution >= 0.6 is 11.3 Å². The molecule has 154 valence electrons. The number of aldehydes is 1. The molecule has 1 N–H and O–H groups in total. The molecule has 3 heterocycles. The van der Waals surface area contributed by atoms with Gasteiger partial charge >= 0.3 is 0 Å². The van der Waals surface area contributed by atoms with Crippen molar-refractivity contribution in [1.29, 1.82) is 0 Å². The van der Waals surface area contributed by atoms with Crippen molar-refractivity contribution >= 4 is 27.8 Å². The summed E-state index contributed by atoms with van der Waals surface area (Å²) in [5.41, 5.74) is 1.46. The van der Waals surface area contributed by atoms with E-state index in [0.717, 1.165) is 43.3 Å². The SMILES string of the molecule is C1COCCN1.CC=O.c1nc(OC2CCCCC2)c2c3c(sc2n1)CCC3. The molecule has 1 aliphatic heterocycles. The van der Waals surface area contributed by atoms with E-state index in [0.29, 0.717) is 6.10 Å². The Bertz CT molecular complexity index is 728. The predicted molar refractivity (Wildman–Crippen MR) is 112 cm³/mol. The number of hydrogen-bond acceptors (Lipinski definition) is 7. The minimum absolute atomic E-state index is 0.365. The summed E-state index contributed by atoms with van der Waals surface area (Å²) in [5, 5.41) is 4.37. The highest BCUT2D eigenvalue weighted by atomic mass is 32.1. The number of morpholine rings is 1. The van der Waals surface area contributed by atoms with E-state index in [-0.39, 0.29) is 0 Å². The molecule has 0 amide bonds. The lowest BCUT2D eigenvalue weighted by molar-refractivity contribution is -0.106. The molecule has 0 radical (unpaired) electrons. The molecule has 0 unspecified atom stereocenters. The van der Waals surface area contributed by atoms with Crippen LogP contribution in [0.2, 0.25) is 0 Å². The molecule has 2 aliphatic carbocycles. The molecule has 6 nitrogen and oxygen atoms in total. The van der Waals surface area contributed by atoms with Crippen molar-refractivity contribution in [3.05, 3.63) is 16.8 Å². The highest BCUT2D eigenvalue weighted by Gasteiger charge is 2.24. The molecule has 2 aromatic rings. The molecule has 1 saturated heterocycles. The van der Waals surface area contributed by atoms with E-state index in [2.05, 4.69) is 15.3 Å². The fourth-order valence-electron chi connectivity index (χ4n) is 3.85. The van der Waals surface area contributed by atoms with Crippen molar-refractivity contribution in [1.82, 2.24) is 15.3 Å². The van der Waals surface area contributed by atoms with Crippen LogP contribution in [0.4, 0.5) is 0 Å². The lowest BCUT2D eigenvalue weighted by Gasteiger charge is -2.22. The maximum atomic E-state index is 8.81. The number of hydrogen-bond donors (Lipinski definition) is 1. The fourth-order valence-corrected chi connectivity index (χ4v) is 5.07. The van der Waals surface area contributed by atoms with Crippen molar-refractivity contribution in [3.8, 4) is 5.88 Å². The summed E-state index contributed by atoms with van der Waals surface area (Å²) in [6.07, 6.45) is 12.7. The second-order valence-corrected chi connectivity index (χ2v) is 8.28. The Kier molecular flexibility index (Phi) is 8.64. The Hall–Kier alpha value is -1.57. The van der Waals surface area contributed by atoms with Crippen LogP contribution < -0.4 is 10.1 Å². The minimum atomic E-state index is 0.365. The monoisotopic (exact) mass is 405 g/mol. The summed E-state index contributed by atoms with van der Waals surface area (Å²) in [4.78, 5) is 20.3. The van der Waals surface area contributed by atoms with Crippen molar-refractivity contribution in [3.63, 3.8) is 0 Å². The third-order valence-corrected chi connectivity index (χ3v) is 6.34. The summed E-state index contributed by atoms with van der Waals surface area (Å²) in [5.74, 6) is 0.844. The number of carbonyl (C=O) groups excluding carboxylic acids is 1. The maximum absolute atomic E-state index is 8.81. The van der Waals surface area contributed by atoms with Crippen LogP contribution in [0, 0.1) is 0 Å². The minimum Gasteiger partial charge on any atom is -0.474 e. The molecule has 2 fully saturated rings. The second kappa shape index (κ2) is 11.4. The summed E-state index contributed by atoms with van der Waals surface area (Å²) in [7, 11) is 0.